The van der Waals surface area contributed by atoms with Crippen molar-refractivity contribution in [1.29, 1.82) is 0 Å². The molecular weight excluding hydrogens is 328 g/mol. The van der Waals surface area contributed by atoms with Crippen LogP contribution in [-0.4, -0.2) is 12.5 Å². The fourth-order valence-corrected chi connectivity index (χ4v) is 3.03. The van der Waals surface area contributed by atoms with Gasteiger partial charge in [0.2, 0.25) is 5.91 Å². The number of nitrogens with one attached hydrogen (secondary N) is 2. The minimum Gasteiger partial charge on any atom is -0.324 e. The van der Waals surface area contributed by atoms with Crippen LogP contribution in [0.15, 0.2) is 46.9 Å². The number of hydrogen-bond donors (Lipinski definition) is 2. The Balaban J connectivity index is 1.85. The molecule has 0 bridgehead atoms. The van der Waals surface area contributed by atoms with E-state index in [4.69, 9.17) is 0 Å². The van der Waals surface area contributed by atoms with Gasteiger partial charge < -0.3 is 10.6 Å². The molecule has 2 aromatic carbocycles. The Labute approximate surface area is 132 Å². The summed E-state index contributed by atoms with van der Waals surface area (Å²) in [5.74, 6) is -0.122. The highest BCUT2D eigenvalue weighted by Crippen LogP contribution is 2.28. The second kappa shape index (κ2) is 6.00. The van der Waals surface area contributed by atoms with E-state index in [0.717, 1.165) is 27.8 Å². The van der Waals surface area contributed by atoms with E-state index in [1.54, 1.807) is 0 Å². The monoisotopic (exact) mass is 344 g/mol. The van der Waals surface area contributed by atoms with Gasteiger partial charge in [0.25, 0.3) is 0 Å². The van der Waals surface area contributed by atoms with Crippen LogP contribution in [-0.2, 0) is 11.3 Å². The van der Waals surface area contributed by atoms with Crippen molar-refractivity contribution < 1.29 is 4.79 Å². The Morgan fingerprint density at radius 1 is 1.29 bits per heavy atom. The Morgan fingerprint density at radius 3 is 2.95 bits per heavy atom. The number of rotatable bonds is 2. The number of benzene rings is 2. The number of hydrogen-bond acceptors (Lipinski definition) is 2. The second-order valence-corrected chi connectivity index (χ2v) is 6.21. The van der Waals surface area contributed by atoms with E-state index >= 15 is 0 Å². The molecular formula is C17H17BrN2O. The van der Waals surface area contributed by atoms with Gasteiger partial charge in [0, 0.05) is 17.6 Å². The molecule has 21 heavy (non-hydrogen) atoms. The molecule has 4 heteroatoms. The molecule has 2 N–H and O–H groups in total. The molecule has 2 aromatic rings. The molecule has 1 atom stereocenters. The van der Waals surface area contributed by atoms with Gasteiger partial charge in [-0.1, -0.05) is 30.3 Å². The summed E-state index contributed by atoms with van der Waals surface area (Å²) in [7, 11) is 0. The average molecular weight is 345 g/mol. The second-order valence-electron chi connectivity index (χ2n) is 5.35. The van der Waals surface area contributed by atoms with Crippen LogP contribution in [0.25, 0.3) is 0 Å². The summed E-state index contributed by atoms with van der Waals surface area (Å²) in [6.07, 6.45) is 0. The van der Waals surface area contributed by atoms with Gasteiger partial charge in [-0.05, 0) is 51.7 Å². The summed E-state index contributed by atoms with van der Waals surface area (Å²) in [5, 5.41) is 6.35. The smallest absolute Gasteiger partial charge is 0.233 e. The molecule has 1 amide bonds. The van der Waals surface area contributed by atoms with Gasteiger partial charge in [-0.3, -0.25) is 4.79 Å². The van der Waals surface area contributed by atoms with Gasteiger partial charge in [0.1, 0.15) is 0 Å². The lowest BCUT2D eigenvalue weighted by molar-refractivity contribution is -0.117. The maximum Gasteiger partial charge on any atom is 0.233 e. The largest absolute Gasteiger partial charge is 0.324 e. The van der Waals surface area contributed by atoms with Crippen LogP contribution in [0, 0.1) is 6.92 Å². The molecule has 0 radical (unpaired) electrons. The normalized spacial score (nSPS) is 17.1. The first-order valence-corrected chi connectivity index (χ1v) is 7.80. The van der Waals surface area contributed by atoms with Crippen molar-refractivity contribution in [1.82, 2.24) is 5.32 Å². The van der Waals surface area contributed by atoms with Crippen LogP contribution in [0.3, 0.4) is 0 Å². The molecule has 1 heterocycles. The third-order valence-corrected chi connectivity index (χ3v) is 4.48. The fraction of sp³-hybridized carbons (Fsp3) is 0.235. The molecule has 1 aliphatic heterocycles. The predicted molar refractivity (Wildman–Crippen MR) is 88.4 cm³/mol. The van der Waals surface area contributed by atoms with E-state index in [9.17, 15) is 4.79 Å². The average Bonchev–Trinajstić information content (AvgIpc) is 2.50. The van der Waals surface area contributed by atoms with Crippen molar-refractivity contribution in [3.05, 3.63) is 63.6 Å². The van der Waals surface area contributed by atoms with Crippen LogP contribution < -0.4 is 10.6 Å². The topological polar surface area (TPSA) is 41.1 Å². The zero-order chi connectivity index (χ0) is 14.8. The van der Waals surface area contributed by atoms with E-state index < -0.39 is 0 Å². The van der Waals surface area contributed by atoms with E-state index in [1.807, 2.05) is 43.3 Å². The van der Waals surface area contributed by atoms with E-state index in [0.29, 0.717) is 6.54 Å². The van der Waals surface area contributed by atoms with E-state index in [2.05, 4.69) is 32.6 Å². The highest BCUT2D eigenvalue weighted by molar-refractivity contribution is 9.10. The highest BCUT2D eigenvalue weighted by Gasteiger charge is 2.26. The molecule has 3 rings (SSSR count). The molecule has 3 nitrogen and oxygen atoms in total. The number of halogens is 1. The molecule has 0 saturated carbocycles. The van der Waals surface area contributed by atoms with Crippen LogP contribution in [0.2, 0.25) is 0 Å². The Hall–Kier alpha value is -1.65. The molecule has 0 aliphatic carbocycles. The zero-order valence-corrected chi connectivity index (χ0v) is 13.4. The molecule has 0 fully saturated rings. The van der Waals surface area contributed by atoms with E-state index in [1.165, 1.54) is 5.56 Å². The van der Waals surface area contributed by atoms with Crippen LogP contribution in [0.1, 0.15) is 22.6 Å². The lowest BCUT2D eigenvalue weighted by Crippen LogP contribution is -2.35. The van der Waals surface area contributed by atoms with Gasteiger partial charge in [-0.15, -0.1) is 0 Å². The minimum atomic E-state index is -0.151. The van der Waals surface area contributed by atoms with Crippen molar-refractivity contribution in [2.75, 3.05) is 11.9 Å². The zero-order valence-electron chi connectivity index (χ0n) is 11.8. The minimum absolute atomic E-state index is 0.0287. The van der Waals surface area contributed by atoms with Gasteiger partial charge in [-0.25, -0.2) is 0 Å². The SMILES string of the molecule is Cc1ccc(Br)c(NC(=O)C2CNCc3ccccc32)c1. The highest BCUT2D eigenvalue weighted by atomic mass is 79.9. The molecule has 1 aliphatic rings. The van der Waals surface area contributed by atoms with Crippen LogP contribution in [0.5, 0.6) is 0 Å². The summed E-state index contributed by atoms with van der Waals surface area (Å²) in [6, 6.07) is 14.1. The van der Waals surface area contributed by atoms with Gasteiger partial charge in [-0.2, -0.15) is 0 Å². The number of fused-ring (bicyclic) bond motifs is 1. The molecule has 0 spiro atoms. The third-order valence-electron chi connectivity index (χ3n) is 3.79. The first-order chi connectivity index (χ1) is 10.1. The fourth-order valence-electron chi connectivity index (χ4n) is 2.68. The molecule has 108 valence electrons. The lowest BCUT2D eigenvalue weighted by atomic mass is 9.90. The quantitative estimate of drug-likeness (QED) is 0.874. The maximum atomic E-state index is 12.6. The van der Waals surface area contributed by atoms with Crippen molar-refractivity contribution in [3.63, 3.8) is 0 Å². The third kappa shape index (κ3) is 3.01. The Kier molecular flexibility index (Phi) is 4.08. The molecule has 0 aromatic heterocycles. The summed E-state index contributed by atoms with van der Waals surface area (Å²) in [5.41, 5.74) is 4.27. The van der Waals surface area contributed by atoms with Crippen molar-refractivity contribution >= 4 is 27.5 Å². The molecule has 1 unspecified atom stereocenters. The summed E-state index contributed by atoms with van der Waals surface area (Å²) >= 11 is 3.48. The number of aryl methyl sites for hydroxylation is 1. The van der Waals surface area contributed by atoms with E-state index in [-0.39, 0.29) is 11.8 Å². The van der Waals surface area contributed by atoms with Crippen molar-refractivity contribution in [2.45, 2.75) is 19.4 Å². The van der Waals surface area contributed by atoms with Crippen LogP contribution in [0.4, 0.5) is 5.69 Å². The van der Waals surface area contributed by atoms with Gasteiger partial charge in [0.15, 0.2) is 0 Å². The Bertz CT molecular complexity index is 684. The number of carbonyl (C=O) groups excluding carboxylic acids is 1. The first kappa shape index (κ1) is 14.3. The summed E-state index contributed by atoms with van der Waals surface area (Å²) in [6.45, 7) is 3.51. The Morgan fingerprint density at radius 2 is 2.10 bits per heavy atom. The number of anilines is 1. The molecule has 0 saturated heterocycles. The lowest BCUT2D eigenvalue weighted by Gasteiger charge is -2.25. The van der Waals surface area contributed by atoms with Crippen LogP contribution >= 0.6 is 15.9 Å². The number of carbonyl (C=O) groups is 1. The standard InChI is InChI=1S/C17H17BrN2O/c1-11-6-7-15(18)16(8-11)20-17(21)14-10-19-9-12-4-2-3-5-13(12)14/h2-8,14,19H,9-10H2,1H3,(H,20,21). The summed E-state index contributed by atoms with van der Waals surface area (Å²) < 4.78 is 0.901. The van der Waals surface area contributed by atoms with Gasteiger partial charge >= 0.3 is 0 Å². The van der Waals surface area contributed by atoms with Crippen molar-refractivity contribution in [2.24, 2.45) is 0 Å². The summed E-state index contributed by atoms with van der Waals surface area (Å²) in [4.78, 5) is 12.6. The predicted octanol–water partition coefficient (Wildman–Crippen LogP) is 3.58. The number of amides is 1. The first-order valence-electron chi connectivity index (χ1n) is 7.00. The van der Waals surface area contributed by atoms with Crippen molar-refractivity contribution in [3.8, 4) is 0 Å². The maximum absolute atomic E-state index is 12.6. The van der Waals surface area contributed by atoms with Gasteiger partial charge in [0.05, 0.1) is 11.6 Å².